The molecule has 10 nitrogen and oxygen atoms in total. The van der Waals surface area contributed by atoms with Crippen LogP contribution in [0.4, 0.5) is 5.69 Å². The molecule has 0 saturated heterocycles. The Kier molecular flexibility index (Phi) is 7.33. The molecule has 0 radical (unpaired) electrons. The molecule has 198 valence electrons. The number of nitrogens with zero attached hydrogens (tertiary/aromatic N) is 1. The first kappa shape index (κ1) is 26.2. The fraction of sp³-hybridized carbons (Fsp3) is 0.214. The minimum absolute atomic E-state index is 0.0173. The predicted octanol–water partition coefficient (Wildman–Crippen LogP) is 4.07. The van der Waals surface area contributed by atoms with Gasteiger partial charge in [0.1, 0.15) is 5.69 Å². The number of hydrogen-bond acceptors (Lipinski definition) is 9. The third kappa shape index (κ3) is 4.30. The summed E-state index contributed by atoms with van der Waals surface area (Å²) in [5.74, 6) is 1.07. The number of rotatable bonds is 8. The molecule has 0 aliphatic heterocycles. The minimum atomic E-state index is -0.737. The molecule has 0 aliphatic rings. The summed E-state index contributed by atoms with van der Waals surface area (Å²) in [5, 5.41) is 0.699. The summed E-state index contributed by atoms with van der Waals surface area (Å²) < 4.78 is 34.1. The Labute approximate surface area is 219 Å². The highest BCUT2D eigenvalue weighted by molar-refractivity contribution is 6.08. The van der Waals surface area contributed by atoms with Crippen LogP contribution in [0.5, 0.6) is 28.7 Å². The van der Waals surface area contributed by atoms with Crippen LogP contribution in [0.15, 0.2) is 53.3 Å². The molecule has 0 spiro atoms. The second-order valence-electron chi connectivity index (χ2n) is 8.11. The fourth-order valence-electron chi connectivity index (χ4n) is 4.40. The Morgan fingerprint density at radius 3 is 1.71 bits per heavy atom. The second kappa shape index (κ2) is 10.6. The van der Waals surface area contributed by atoms with Gasteiger partial charge in [-0.15, -0.1) is 0 Å². The highest BCUT2D eigenvalue weighted by Crippen LogP contribution is 2.45. The lowest BCUT2D eigenvalue weighted by Gasteiger charge is -2.21. The number of fused-ring (bicyclic) bond motifs is 1. The van der Waals surface area contributed by atoms with Crippen LogP contribution >= 0.6 is 0 Å². The number of hydrogen-bond donors (Lipinski definition) is 1. The van der Waals surface area contributed by atoms with E-state index in [2.05, 4.69) is 0 Å². The third-order valence-electron chi connectivity index (χ3n) is 6.17. The van der Waals surface area contributed by atoms with Crippen LogP contribution in [0.25, 0.3) is 27.6 Å². The predicted molar refractivity (Wildman–Crippen MR) is 143 cm³/mol. The van der Waals surface area contributed by atoms with E-state index in [1.165, 1.54) is 47.2 Å². The van der Waals surface area contributed by atoms with Crippen LogP contribution < -0.4 is 35.0 Å². The second-order valence-corrected chi connectivity index (χ2v) is 8.11. The van der Waals surface area contributed by atoms with Gasteiger partial charge >= 0.3 is 5.97 Å². The van der Waals surface area contributed by atoms with E-state index in [1.54, 1.807) is 48.5 Å². The van der Waals surface area contributed by atoms with Gasteiger partial charge in [-0.3, -0.25) is 9.36 Å². The van der Waals surface area contributed by atoms with Gasteiger partial charge in [-0.25, -0.2) is 4.79 Å². The summed E-state index contributed by atoms with van der Waals surface area (Å²) >= 11 is 0. The quantitative estimate of drug-likeness (QED) is 0.271. The van der Waals surface area contributed by atoms with Crippen molar-refractivity contribution in [1.29, 1.82) is 0 Å². The average molecular weight is 521 g/mol. The van der Waals surface area contributed by atoms with E-state index in [0.29, 0.717) is 56.6 Å². The van der Waals surface area contributed by atoms with Crippen molar-refractivity contribution >= 4 is 22.4 Å². The molecule has 0 bridgehead atoms. The molecule has 0 amide bonds. The van der Waals surface area contributed by atoms with E-state index >= 15 is 0 Å². The van der Waals surface area contributed by atoms with Gasteiger partial charge in [0.15, 0.2) is 23.0 Å². The number of esters is 1. The summed E-state index contributed by atoms with van der Waals surface area (Å²) in [7, 11) is 8.68. The topological polar surface area (TPSA) is 120 Å². The first-order valence-corrected chi connectivity index (χ1v) is 11.4. The van der Waals surface area contributed by atoms with Crippen molar-refractivity contribution in [3.63, 3.8) is 0 Å². The Morgan fingerprint density at radius 1 is 0.711 bits per heavy atom. The number of nitrogens with two attached hydrogens (primary N) is 1. The molecule has 0 fully saturated rings. The van der Waals surface area contributed by atoms with Crippen molar-refractivity contribution in [3.05, 3.63) is 64.6 Å². The molecule has 4 aromatic rings. The van der Waals surface area contributed by atoms with Gasteiger partial charge in [-0.1, -0.05) is 0 Å². The van der Waals surface area contributed by atoms with E-state index in [1.807, 2.05) is 0 Å². The largest absolute Gasteiger partial charge is 0.493 e. The van der Waals surface area contributed by atoms with Crippen LogP contribution in [0.3, 0.4) is 0 Å². The van der Waals surface area contributed by atoms with E-state index in [0.717, 1.165) is 0 Å². The number of carbonyl (C=O) groups is 1. The lowest BCUT2D eigenvalue weighted by molar-refractivity contribution is 0.0591. The monoisotopic (exact) mass is 520 g/mol. The van der Waals surface area contributed by atoms with Gasteiger partial charge < -0.3 is 34.2 Å². The maximum atomic E-state index is 14.0. The van der Waals surface area contributed by atoms with Gasteiger partial charge in [0.05, 0.1) is 48.0 Å². The van der Waals surface area contributed by atoms with E-state index in [9.17, 15) is 9.59 Å². The Hall–Kier alpha value is -4.86. The zero-order valence-corrected chi connectivity index (χ0v) is 21.9. The van der Waals surface area contributed by atoms with Crippen molar-refractivity contribution in [2.45, 2.75) is 0 Å². The van der Waals surface area contributed by atoms with Crippen molar-refractivity contribution in [3.8, 4) is 45.6 Å². The van der Waals surface area contributed by atoms with Gasteiger partial charge in [0, 0.05) is 22.3 Å². The highest BCUT2D eigenvalue weighted by Gasteiger charge is 2.28. The molecule has 1 heterocycles. The number of nitrogen functional groups attached to an aromatic ring is 1. The van der Waals surface area contributed by atoms with Crippen LogP contribution in [0.1, 0.15) is 10.5 Å². The summed E-state index contributed by atoms with van der Waals surface area (Å²) in [5.41, 5.74) is 7.19. The first-order valence-electron chi connectivity index (χ1n) is 11.4. The SMILES string of the molecule is COC(=O)c1c(-c2cc(OC)c(OC)c(OC)c2)c2cc(OC)c(OC)cc2c(=O)n1-c1ccc(N)cc1. The van der Waals surface area contributed by atoms with E-state index < -0.39 is 11.5 Å². The van der Waals surface area contributed by atoms with Crippen molar-refractivity contribution in [2.75, 3.05) is 48.4 Å². The van der Waals surface area contributed by atoms with Crippen LogP contribution in [-0.4, -0.2) is 53.2 Å². The number of pyridine rings is 1. The number of ether oxygens (including phenoxy) is 6. The maximum absolute atomic E-state index is 14.0. The summed E-state index contributed by atoms with van der Waals surface area (Å²) in [6, 6.07) is 13.2. The number of anilines is 1. The van der Waals surface area contributed by atoms with Crippen molar-refractivity contribution < 1.29 is 33.2 Å². The number of benzene rings is 3. The molecular weight excluding hydrogens is 492 g/mol. The Morgan fingerprint density at radius 2 is 1.24 bits per heavy atom. The standard InChI is InChI=1S/C28H28N2O8/c1-33-20-13-18-19(14-21(20)34-2)27(31)30(17-9-7-16(29)8-10-17)25(28(32)38-6)24(18)15-11-22(35-3)26(37-5)23(12-15)36-4/h7-14H,29H2,1-6H3. The molecule has 38 heavy (non-hydrogen) atoms. The fourth-order valence-corrected chi connectivity index (χ4v) is 4.40. The average Bonchev–Trinajstić information content (AvgIpc) is 2.95. The Balaban J connectivity index is 2.30. The normalized spacial score (nSPS) is 10.7. The smallest absolute Gasteiger partial charge is 0.355 e. The van der Waals surface area contributed by atoms with Crippen LogP contribution in [0.2, 0.25) is 0 Å². The van der Waals surface area contributed by atoms with Crippen molar-refractivity contribution in [1.82, 2.24) is 4.57 Å². The molecule has 10 heteroatoms. The Bertz CT molecular complexity index is 1550. The maximum Gasteiger partial charge on any atom is 0.355 e. The summed E-state index contributed by atoms with van der Waals surface area (Å²) in [4.78, 5) is 27.4. The van der Waals surface area contributed by atoms with E-state index in [4.69, 9.17) is 34.2 Å². The number of aromatic nitrogens is 1. The molecular formula is C28H28N2O8. The zero-order chi connectivity index (χ0) is 27.6. The molecule has 2 N–H and O–H groups in total. The van der Waals surface area contributed by atoms with Gasteiger partial charge in [-0.05, 0) is 54.1 Å². The lowest BCUT2D eigenvalue weighted by atomic mass is 9.95. The van der Waals surface area contributed by atoms with Gasteiger partial charge in [-0.2, -0.15) is 0 Å². The zero-order valence-electron chi connectivity index (χ0n) is 21.9. The molecule has 0 saturated carbocycles. The third-order valence-corrected chi connectivity index (χ3v) is 6.17. The van der Waals surface area contributed by atoms with Crippen LogP contribution in [0, 0.1) is 0 Å². The van der Waals surface area contributed by atoms with Gasteiger partial charge in [0.25, 0.3) is 5.56 Å². The number of carbonyl (C=O) groups excluding carboxylic acids is 1. The molecule has 0 atom stereocenters. The molecule has 0 aliphatic carbocycles. The number of methoxy groups -OCH3 is 6. The van der Waals surface area contributed by atoms with E-state index in [-0.39, 0.29) is 11.1 Å². The van der Waals surface area contributed by atoms with Gasteiger partial charge in [0.2, 0.25) is 5.75 Å². The first-order chi connectivity index (χ1) is 18.3. The molecule has 1 aromatic heterocycles. The minimum Gasteiger partial charge on any atom is -0.493 e. The summed E-state index contributed by atoms with van der Waals surface area (Å²) in [6.45, 7) is 0. The highest BCUT2D eigenvalue weighted by atomic mass is 16.5. The molecule has 0 unspecified atom stereocenters. The lowest BCUT2D eigenvalue weighted by Crippen LogP contribution is -2.27. The molecule has 3 aromatic carbocycles. The summed E-state index contributed by atoms with van der Waals surface area (Å²) in [6.07, 6.45) is 0. The molecule has 4 rings (SSSR count). The van der Waals surface area contributed by atoms with Crippen LogP contribution in [-0.2, 0) is 4.74 Å². The van der Waals surface area contributed by atoms with Crippen molar-refractivity contribution in [2.24, 2.45) is 0 Å².